The highest BCUT2D eigenvalue weighted by Gasteiger charge is 2.40. The zero-order valence-electron chi connectivity index (χ0n) is 43.2. The molecule has 6 rings (SSSR count). The van der Waals surface area contributed by atoms with Crippen molar-refractivity contribution in [3.63, 3.8) is 0 Å². The lowest BCUT2D eigenvalue weighted by Gasteiger charge is -2.31. The summed E-state index contributed by atoms with van der Waals surface area (Å²) in [6.45, 7) is 0.256. The van der Waals surface area contributed by atoms with Crippen LogP contribution in [0.5, 0.6) is 0 Å². The number of thiophene rings is 1. The smallest absolute Gasteiger partial charge is 0.245 e. The summed E-state index contributed by atoms with van der Waals surface area (Å²) in [4.78, 5) is 123. The molecule has 0 radical (unpaired) electrons. The number of amides is 8. The van der Waals surface area contributed by atoms with E-state index in [-0.39, 0.29) is 82.9 Å². The predicted octanol–water partition coefficient (Wildman–Crippen LogP) is -0.269. The number of carbonyl (C=O) groups excluding carboxylic acids is 8. The summed E-state index contributed by atoms with van der Waals surface area (Å²) in [5.74, 6) is -6.33. The fourth-order valence-electron chi connectivity index (χ4n) is 9.16. The molecule has 0 bridgehead atoms. The van der Waals surface area contributed by atoms with Crippen molar-refractivity contribution in [1.29, 1.82) is 0 Å². The molecule has 0 saturated carbocycles. The largest absolute Gasteiger partial charge is 0.370 e. The van der Waals surface area contributed by atoms with E-state index >= 15 is 0 Å². The Balaban J connectivity index is 1.28. The SMILES string of the molecule is NC(=O)C[C@H](NC(=O)[C@H](CCCN=C(N)N)NC(=O)[C@@H]1CCCN1C(=O)[C@H](CCCN=C(N)N)NC(=O)[C@H](Cc1ccc(Cc2ccccc2)cc1)NC(=O)[C@H](Cc1c[nH]c2ccccc12)NC(=O)Cc1cccs1)C(N)=O. The number of likely N-dealkylation sites (tertiary alicyclic amines) is 1. The Morgan fingerprint density at radius 3 is 1.86 bits per heavy atom. The van der Waals surface area contributed by atoms with Gasteiger partial charge in [0, 0.05) is 54.5 Å². The number of carbonyl (C=O) groups is 8. The van der Waals surface area contributed by atoms with Crippen molar-refractivity contribution in [1.82, 2.24) is 36.5 Å². The van der Waals surface area contributed by atoms with Gasteiger partial charge >= 0.3 is 0 Å². The average Bonchev–Trinajstić information content (AvgIpc) is 4.24. The normalized spacial score (nSPS) is 14.9. The molecule has 78 heavy (non-hydrogen) atoms. The van der Waals surface area contributed by atoms with Gasteiger partial charge in [0.15, 0.2) is 11.9 Å². The maximum absolute atomic E-state index is 15.0. The zero-order chi connectivity index (χ0) is 56.1. The van der Waals surface area contributed by atoms with Gasteiger partial charge in [0.25, 0.3) is 0 Å². The van der Waals surface area contributed by atoms with E-state index in [2.05, 4.69) is 41.6 Å². The minimum atomic E-state index is -1.48. The number of rotatable bonds is 29. The van der Waals surface area contributed by atoms with Crippen LogP contribution in [-0.2, 0) is 64.0 Å². The van der Waals surface area contributed by atoms with Crippen LogP contribution in [0.15, 0.2) is 113 Å². The molecule has 0 unspecified atom stereocenters. The minimum absolute atomic E-state index is 0.00675. The van der Waals surface area contributed by atoms with E-state index < -0.39 is 89.9 Å². The number of nitrogens with one attached hydrogen (secondary N) is 6. The highest BCUT2D eigenvalue weighted by Crippen LogP contribution is 2.23. The van der Waals surface area contributed by atoms with E-state index in [1.165, 1.54) is 16.2 Å². The molecular formula is C54H69N15O8S. The molecule has 3 heterocycles. The first kappa shape index (κ1) is 58.5. The van der Waals surface area contributed by atoms with Gasteiger partial charge in [-0.1, -0.05) is 78.9 Å². The number of nitrogens with zero attached hydrogens (tertiary/aromatic N) is 3. The third-order valence-corrected chi connectivity index (χ3v) is 13.9. The first-order valence-electron chi connectivity index (χ1n) is 25.6. The second-order valence-electron chi connectivity index (χ2n) is 19.0. The van der Waals surface area contributed by atoms with Crippen LogP contribution in [0, 0.1) is 0 Å². The van der Waals surface area contributed by atoms with Crippen LogP contribution in [0.1, 0.15) is 72.1 Å². The summed E-state index contributed by atoms with van der Waals surface area (Å²) in [5.41, 5.74) is 37.3. The molecule has 0 aliphatic carbocycles. The van der Waals surface area contributed by atoms with Crippen molar-refractivity contribution in [2.24, 2.45) is 44.4 Å². The number of H-pyrrole nitrogens is 1. The van der Waals surface area contributed by atoms with E-state index in [0.717, 1.165) is 32.5 Å². The molecule has 414 valence electrons. The van der Waals surface area contributed by atoms with Gasteiger partial charge < -0.3 is 70.9 Å². The number of aliphatic imine (C=N–C) groups is 2. The fraction of sp³-hybridized carbons (Fsp3) is 0.370. The molecule has 24 heteroatoms. The van der Waals surface area contributed by atoms with E-state index in [0.29, 0.717) is 18.4 Å². The molecule has 8 amide bonds. The third-order valence-electron chi connectivity index (χ3n) is 13.1. The molecule has 5 aromatic rings. The highest BCUT2D eigenvalue weighted by molar-refractivity contribution is 7.10. The lowest BCUT2D eigenvalue weighted by atomic mass is 9.99. The number of nitrogens with two attached hydrogens (primary N) is 6. The number of hydrogen-bond acceptors (Lipinski definition) is 11. The molecular weight excluding hydrogens is 1020 g/mol. The van der Waals surface area contributed by atoms with Gasteiger partial charge in [0.2, 0.25) is 47.3 Å². The Bertz CT molecular complexity index is 2920. The van der Waals surface area contributed by atoms with Crippen LogP contribution in [0.3, 0.4) is 0 Å². The number of para-hydroxylation sites is 1. The molecule has 0 spiro atoms. The van der Waals surface area contributed by atoms with Crippen LogP contribution < -0.4 is 61.0 Å². The Kier molecular flexibility index (Phi) is 21.7. The van der Waals surface area contributed by atoms with Crippen LogP contribution in [-0.4, -0.2) is 125 Å². The zero-order valence-corrected chi connectivity index (χ0v) is 44.0. The second-order valence-corrected chi connectivity index (χ2v) is 20.1. The molecule has 1 saturated heterocycles. The summed E-state index contributed by atoms with van der Waals surface area (Å²) in [6, 6.07) is 21.0. The molecule has 3 aromatic carbocycles. The summed E-state index contributed by atoms with van der Waals surface area (Å²) in [6.07, 6.45) is 2.78. The first-order chi connectivity index (χ1) is 37.4. The minimum Gasteiger partial charge on any atom is -0.370 e. The number of guanidine groups is 2. The number of hydrogen-bond donors (Lipinski definition) is 12. The molecule has 18 N–H and O–H groups in total. The molecule has 6 atom stereocenters. The number of aromatic amines is 1. The second kappa shape index (κ2) is 28.9. The van der Waals surface area contributed by atoms with Crippen LogP contribution in [0.2, 0.25) is 0 Å². The lowest BCUT2D eigenvalue weighted by Crippen LogP contribution is -2.60. The van der Waals surface area contributed by atoms with E-state index in [4.69, 9.17) is 34.4 Å². The Hall–Kier alpha value is -8.80. The fourth-order valence-corrected chi connectivity index (χ4v) is 9.87. The van der Waals surface area contributed by atoms with Crippen LogP contribution in [0.25, 0.3) is 10.9 Å². The number of benzene rings is 3. The standard InChI is InChI=1S/C54H69N15O8S/c55-45(70)30-41(47(56)72)67-48(73)39(15-6-22-61-53(57)58)65-51(76)44-17-8-24-69(44)52(77)40(16-7-23-62-54(59)60)66-49(74)42(27-34-20-18-33(19-21-34)26-32-10-2-1-3-11-32)68-50(75)43(64-46(71)29-36-12-9-25-78-36)28-35-31-63-38-14-5-4-13-37(35)38/h1-5,9-14,18-21,25,31,39-44,63H,6-8,15-17,22-24,26-30H2,(H2,55,70)(H2,56,72)(H,64,71)(H,65,76)(H,66,74)(H,67,73)(H,68,75)(H4,57,58,61)(H4,59,60,62)/t39-,40-,41-,42-,43-,44-/m0/s1. The Morgan fingerprint density at radius 1 is 0.628 bits per heavy atom. The van der Waals surface area contributed by atoms with Crippen molar-refractivity contribution in [2.45, 2.75) is 107 Å². The Labute approximate surface area is 455 Å². The quantitative estimate of drug-likeness (QED) is 0.0167. The lowest BCUT2D eigenvalue weighted by molar-refractivity contribution is -0.142. The Morgan fingerprint density at radius 2 is 1.22 bits per heavy atom. The van der Waals surface area contributed by atoms with Crippen molar-refractivity contribution >= 4 is 81.4 Å². The van der Waals surface area contributed by atoms with Crippen molar-refractivity contribution in [2.75, 3.05) is 19.6 Å². The maximum Gasteiger partial charge on any atom is 0.245 e. The molecule has 1 aliphatic heterocycles. The van der Waals surface area contributed by atoms with Crippen LogP contribution in [0.4, 0.5) is 0 Å². The van der Waals surface area contributed by atoms with E-state index in [1.807, 2.05) is 96.4 Å². The third kappa shape index (κ3) is 17.9. The van der Waals surface area contributed by atoms with Gasteiger partial charge in [-0.3, -0.25) is 48.3 Å². The molecule has 1 fully saturated rings. The maximum atomic E-state index is 15.0. The van der Waals surface area contributed by atoms with Crippen molar-refractivity contribution in [3.05, 3.63) is 130 Å². The first-order valence-corrected chi connectivity index (χ1v) is 26.5. The summed E-state index contributed by atoms with van der Waals surface area (Å²) >= 11 is 1.40. The predicted molar refractivity (Wildman–Crippen MR) is 297 cm³/mol. The summed E-state index contributed by atoms with van der Waals surface area (Å²) in [7, 11) is 0. The van der Waals surface area contributed by atoms with Gasteiger partial charge in [-0.05, 0) is 84.7 Å². The van der Waals surface area contributed by atoms with Crippen molar-refractivity contribution < 1.29 is 38.4 Å². The number of aromatic nitrogens is 1. The molecule has 1 aliphatic rings. The molecule has 2 aromatic heterocycles. The van der Waals surface area contributed by atoms with E-state index in [1.54, 1.807) is 6.20 Å². The summed E-state index contributed by atoms with van der Waals surface area (Å²) in [5, 5.41) is 16.5. The number of primary amides is 2. The van der Waals surface area contributed by atoms with Gasteiger partial charge in [-0.25, -0.2) is 0 Å². The van der Waals surface area contributed by atoms with Gasteiger partial charge in [0.05, 0.1) is 12.8 Å². The van der Waals surface area contributed by atoms with Gasteiger partial charge in [-0.15, -0.1) is 11.3 Å². The molecule has 23 nitrogen and oxygen atoms in total. The van der Waals surface area contributed by atoms with Gasteiger partial charge in [-0.2, -0.15) is 0 Å². The van der Waals surface area contributed by atoms with Gasteiger partial charge in [0.1, 0.15) is 36.3 Å². The number of fused-ring (bicyclic) bond motifs is 1. The van der Waals surface area contributed by atoms with E-state index in [9.17, 15) is 38.4 Å². The monoisotopic (exact) mass is 1090 g/mol. The highest BCUT2D eigenvalue weighted by atomic mass is 32.1. The average molecular weight is 1090 g/mol. The topological polar surface area (TPSA) is 397 Å². The summed E-state index contributed by atoms with van der Waals surface area (Å²) < 4.78 is 0. The van der Waals surface area contributed by atoms with Crippen molar-refractivity contribution in [3.8, 4) is 0 Å². The van der Waals surface area contributed by atoms with Crippen LogP contribution >= 0.6 is 11.3 Å².